The summed E-state index contributed by atoms with van der Waals surface area (Å²) in [5.41, 5.74) is 0.414. The predicted octanol–water partition coefficient (Wildman–Crippen LogP) is 1.52. The first kappa shape index (κ1) is 9.58. The summed E-state index contributed by atoms with van der Waals surface area (Å²) in [7, 11) is 0. The third kappa shape index (κ3) is 1.64. The molecule has 5 heteroatoms. The van der Waals surface area contributed by atoms with Gasteiger partial charge in [-0.3, -0.25) is 4.79 Å². The van der Waals surface area contributed by atoms with E-state index in [0.717, 1.165) is 12.3 Å². The van der Waals surface area contributed by atoms with Crippen LogP contribution in [-0.2, 0) is 0 Å². The molecule has 2 heterocycles. The van der Waals surface area contributed by atoms with Crippen LogP contribution in [0.1, 0.15) is 23.2 Å². The van der Waals surface area contributed by atoms with Gasteiger partial charge < -0.3 is 9.42 Å². The predicted molar refractivity (Wildman–Crippen MR) is 54.2 cm³/mol. The highest BCUT2D eigenvalue weighted by molar-refractivity contribution is 8.00. The largest absolute Gasteiger partial charge is 0.361 e. The summed E-state index contributed by atoms with van der Waals surface area (Å²) in [6, 6.07) is 1.68. The molecular weight excluding hydrogens is 200 g/mol. The quantitative estimate of drug-likeness (QED) is 0.708. The molecule has 1 saturated heterocycles. The molecule has 1 atom stereocenters. The Balaban J connectivity index is 2.15. The van der Waals surface area contributed by atoms with E-state index in [1.165, 1.54) is 0 Å². The summed E-state index contributed by atoms with van der Waals surface area (Å²) in [6.45, 7) is 4.62. The number of nitrogens with zero attached hydrogens (tertiary/aromatic N) is 2. The van der Waals surface area contributed by atoms with Gasteiger partial charge in [0.15, 0.2) is 5.69 Å². The summed E-state index contributed by atoms with van der Waals surface area (Å²) < 4.78 is 4.88. The van der Waals surface area contributed by atoms with Crippen LogP contribution >= 0.6 is 11.8 Å². The number of rotatable bonds is 1. The monoisotopic (exact) mass is 212 g/mol. The van der Waals surface area contributed by atoms with Crippen molar-refractivity contribution in [1.82, 2.24) is 10.1 Å². The lowest BCUT2D eigenvalue weighted by Gasteiger charge is -2.18. The molecule has 1 aromatic heterocycles. The van der Waals surface area contributed by atoms with Crippen molar-refractivity contribution in [3.8, 4) is 0 Å². The second kappa shape index (κ2) is 3.65. The third-order valence-corrected chi connectivity index (χ3v) is 3.39. The van der Waals surface area contributed by atoms with Gasteiger partial charge in [0.05, 0.1) is 5.37 Å². The first-order valence-electron chi connectivity index (χ1n) is 4.54. The molecule has 76 valence electrons. The van der Waals surface area contributed by atoms with Crippen LogP contribution in [0.4, 0.5) is 0 Å². The van der Waals surface area contributed by atoms with Crippen LogP contribution in [0.5, 0.6) is 0 Å². The van der Waals surface area contributed by atoms with Crippen molar-refractivity contribution in [2.45, 2.75) is 19.2 Å². The van der Waals surface area contributed by atoms with E-state index >= 15 is 0 Å². The summed E-state index contributed by atoms with van der Waals surface area (Å²) >= 11 is 1.78. The Morgan fingerprint density at radius 3 is 3.07 bits per heavy atom. The standard InChI is InChI=1S/C9H12N2O2S/c1-6-5-8(10-13-6)9(12)11-3-4-14-7(11)2/h5,7H,3-4H2,1-2H3. The number of carbonyl (C=O) groups is 1. The van der Waals surface area contributed by atoms with E-state index < -0.39 is 0 Å². The van der Waals surface area contributed by atoms with Crippen molar-refractivity contribution < 1.29 is 9.32 Å². The Morgan fingerprint density at radius 1 is 1.79 bits per heavy atom. The fourth-order valence-electron chi connectivity index (χ4n) is 1.47. The minimum Gasteiger partial charge on any atom is -0.361 e. The van der Waals surface area contributed by atoms with Crippen molar-refractivity contribution in [3.05, 3.63) is 17.5 Å². The van der Waals surface area contributed by atoms with Gasteiger partial charge in [-0.2, -0.15) is 0 Å². The van der Waals surface area contributed by atoms with E-state index in [0.29, 0.717) is 11.5 Å². The maximum atomic E-state index is 11.9. The Hall–Kier alpha value is -0.970. The molecule has 1 amide bonds. The zero-order chi connectivity index (χ0) is 10.1. The smallest absolute Gasteiger partial charge is 0.276 e. The molecule has 0 bridgehead atoms. The van der Waals surface area contributed by atoms with Crippen LogP contribution in [-0.4, -0.2) is 33.6 Å². The highest BCUT2D eigenvalue weighted by atomic mass is 32.2. The first-order chi connectivity index (χ1) is 6.68. The van der Waals surface area contributed by atoms with Crippen molar-refractivity contribution in [2.75, 3.05) is 12.3 Å². The topological polar surface area (TPSA) is 46.3 Å². The lowest BCUT2D eigenvalue weighted by Crippen LogP contribution is -2.33. The van der Waals surface area contributed by atoms with E-state index in [1.807, 2.05) is 11.8 Å². The number of aryl methyl sites for hydroxylation is 1. The molecule has 0 saturated carbocycles. The Bertz CT molecular complexity index is 350. The van der Waals surface area contributed by atoms with Crippen molar-refractivity contribution >= 4 is 17.7 Å². The average Bonchev–Trinajstić information content (AvgIpc) is 2.73. The fourth-order valence-corrected chi connectivity index (χ4v) is 2.50. The van der Waals surface area contributed by atoms with Crippen molar-refractivity contribution in [3.63, 3.8) is 0 Å². The molecule has 2 rings (SSSR count). The van der Waals surface area contributed by atoms with Gasteiger partial charge in [0, 0.05) is 18.4 Å². The first-order valence-corrected chi connectivity index (χ1v) is 5.59. The van der Waals surface area contributed by atoms with Gasteiger partial charge in [0.2, 0.25) is 0 Å². The van der Waals surface area contributed by atoms with Crippen molar-refractivity contribution in [2.24, 2.45) is 0 Å². The molecule has 0 N–H and O–H groups in total. The van der Waals surface area contributed by atoms with E-state index in [-0.39, 0.29) is 11.3 Å². The highest BCUT2D eigenvalue weighted by Crippen LogP contribution is 2.24. The van der Waals surface area contributed by atoms with Gasteiger partial charge in [0.1, 0.15) is 5.76 Å². The van der Waals surface area contributed by atoms with E-state index in [4.69, 9.17) is 4.52 Å². The molecule has 1 aliphatic heterocycles. The van der Waals surface area contributed by atoms with Gasteiger partial charge in [0.25, 0.3) is 5.91 Å². The zero-order valence-electron chi connectivity index (χ0n) is 8.19. The van der Waals surface area contributed by atoms with Crippen LogP contribution in [0.3, 0.4) is 0 Å². The van der Waals surface area contributed by atoms with Crippen molar-refractivity contribution in [1.29, 1.82) is 0 Å². The van der Waals surface area contributed by atoms with Gasteiger partial charge >= 0.3 is 0 Å². The number of aromatic nitrogens is 1. The minimum absolute atomic E-state index is 0.0284. The summed E-state index contributed by atoms with van der Waals surface area (Å²) in [6.07, 6.45) is 0. The second-order valence-electron chi connectivity index (χ2n) is 3.29. The SMILES string of the molecule is Cc1cc(C(=O)N2CCSC2C)no1. The fraction of sp³-hybridized carbons (Fsp3) is 0.556. The van der Waals surface area contributed by atoms with Crippen LogP contribution in [0.2, 0.25) is 0 Å². The van der Waals surface area contributed by atoms with E-state index in [1.54, 1.807) is 24.8 Å². The van der Waals surface area contributed by atoms with Crippen LogP contribution in [0.15, 0.2) is 10.6 Å². The Kier molecular flexibility index (Phi) is 2.50. The maximum absolute atomic E-state index is 11.9. The van der Waals surface area contributed by atoms with Gasteiger partial charge in [-0.1, -0.05) is 5.16 Å². The molecule has 1 aliphatic rings. The molecule has 0 spiro atoms. The lowest BCUT2D eigenvalue weighted by molar-refractivity contribution is 0.0758. The molecule has 4 nitrogen and oxygen atoms in total. The van der Waals surface area contributed by atoms with Gasteiger partial charge in [-0.15, -0.1) is 11.8 Å². The molecule has 14 heavy (non-hydrogen) atoms. The van der Waals surface area contributed by atoms with Crippen LogP contribution in [0, 0.1) is 6.92 Å². The van der Waals surface area contributed by atoms with E-state index in [2.05, 4.69) is 5.16 Å². The molecule has 1 fully saturated rings. The highest BCUT2D eigenvalue weighted by Gasteiger charge is 2.28. The molecular formula is C9H12N2O2S. The van der Waals surface area contributed by atoms with Crippen LogP contribution < -0.4 is 0 Å². The van der Waals surface area contributed by atoms with Crippen LogP contribution in [0.25, 0.3) is 0 Å². The minimum atomic E-state index is -0.0284. The summed E-state index contributed by atoms with van der Waals surface area (Å²) in [5, 5.41) is 3.97. The zero-order valence-corrected chi connectivity index (χ0v) is 9.00. The Morgan fingerprint density at radius 2 is 2.57 bits per heavy atom. The normalized spacial score (nSPS) is 21.6. The van der Waals surface area contributed by atoms with Gasteiger partial charge in [-0.05, 0) is 13.8 Å². The number of amides is 1. The third-order valence-electron chi connectivity index (χ3n) is 2.24. The van der Waals surface area contributed by atoms with E-state index in [9.17, 15) is 4.79 Å². The molecule has 0 radical (unpaired) electrons. The second-order valence-corrected chi connectivity index (χ2v) is 4.72. The lowest BCUT2D eigenvalue weighted by atomic mass is 10.3. The summed E-state index contributed by atoms with van der Waals surface area (Å²) in [4.78, 5) is 13.7. The molecule has 0 aliphatic carbocycles. The molecule has 0 aromatic carbocycles. The number of hydrogen-bond acceptors (Lipinski definition) is 4. The summed E-state index contributed by atoms with van der Waals surface area (Å²) in [5.74, 6) is 1.65. The number of thioether (sulfide) groups is 1. The maximum Gasteiger partial charge on any atom is 0.276 e. The average molecular weight is 212 g/mol. The Labute approximate surface area is 86.6 Å². The van der Waals surface area contributed by atoms with Gasteiger partial charge in [-0.25, -0.2) is 0 Å². The number of carbonyl (C=O) groups excluding carboxylic acids is 1. The molecule has 1 unspecified atom stereocenters. The molecule has 1 aromatic rings. The number of hydrogen-bond donors (Lipinski definition) is 0.